The maximum Gasteiger partial charge on any atom is 0.397 e. The van der Waals surface area contributed by atoms with Gasteiger partial charge in [0.25, 0.3) is 5.78 Å². The molecule has 1 heterocycles. The topological polar surface area (TPSA) is 69.4 Å². The number of ether oxygens (including phenoxy) is 1. The molecule has 2 aromatic carbocycles. The zero-order valence-electron chi connectivity index (χ0n) is 11.7. The zero-order valence-corrected chi connectivity index (χ0v) is 12.4. The van der Waals surface area contributed by atoms with Crippen LogP contribution in [0.5, 0.6) is 5.75 Å². The Morgan fingerprint density at radius 2 is 1.95 bits per heavy atom. The highest BCUT2D eigenvalue weighted by molar-refractivity contribution is 6.37. The number of benzene rings is 2. The van der Waals surface area contributed by atoms with E-state index in [2.05, 4.69) is 0 Å². The van der Waals surface area contributed by atoms with Crippen molar-refractivity contribution in [3.63, 3.8) is 0 Å². The molecular weight excluding hydrogens is 306 g/mol. The number of rotatable bonds is 2. The third kappa shape index (κ3) is 2.05. The van der Waals surface area contributed by atoms with Crippen LogP contribution in [0, 0.1) is 17.0 Å². The van der Waals surface area contributed by atoms with Gasteiger partial charge in [0, 0.05) is 5.56 Å². The third-order valence-electron chi connectivity index (χ3n) is 3.65. The molecule has 0 fully saturated rings. The standard InChI is InChI=1S/C16H12ClNO4/c1-10-5-4-6-11(9-10)15-16(17,18(20)21)14(19)12-7-2-3-8-13(12)22-15/h2-9,15H,1H3. The highest BCUT2D eigenvalue weighted by Gasteiger charge is 2.62. The third-order valence-corrected chi connectivity index (χ3v) is 4.16. The van der Waals surface area contributed by atoms with Crippen molar-refractivity contribution in [3.8, 4) is 5.75 Å². The number of fused-ring (bicyclic) bond motifs is 1. The molecule has 2 atom stereocenters. The maximum atomic E-state index is 12.6. The maximum absolute atomic E-state index is 12.6. The SMILES string of the molecule is Cc1cccc(C2Oc3ccccc3C(=O)C2(Cl)[N+](=O)[O-])c1. The molecule has 2 aromatic rings. The van der Waals surface area contributed by atoms with Crippen LogP contribution in [-0.4, -0.2) is 15.7 Å². The number of aryl methyl sites for hydroxylation is 1. The minimum atomic E-state index is -2.37. The summed E-state index contributed by atoms with van der Waals surface area (Å²) >= 11 is 6.17. The number of hydrogen-bond acceptors (Lipinski definition) is 4. The van der Waals surface area contributed by atoms with Crippen molar-refractivity contribution >= 4 is 17.4 Å². The van der Waals surface area contributed by atoms with E-state index < -0.39 is 21.8 Å². The van der Waals surface area contributed by atoms with Gasteiger partial charge in [-0.15, -0.1) is 0 Å². The summed E-state index contributed by atoms with van der Waals surface area (Å²) in [5.74, 6) is -0.454. The van der Waals surface area contributed by atoms with E-state index >= 15 is 0 Å². The lowest BCUT2D eigenvalue weighted by atomic mass is 9.90. The predicted octanol–water partition coefficient (Wildman–Crippen LogP) is 3.52. The van der Waals surface area contributed by atoms with Crippen molar-refractivity contribution in [1.82, 2.24) is 0 Å². The molecule has 1 aliphatic heterocycles. The summed E-state index contributed by atoms with van der Waals surface area (Å²) in [6, 6.07) is 13.4. The van der Waals surface area contributed by atoms with E-state index in [4.69, 9.17) is 16.3 Å². The molecule has 0 radical (unpaired) electrons. The van der Waals surface area contributed by atoms with Crippen molar-refractivity contribution < 1.29 is 14.5 Å². The molecule has 0 saturated heterocycles. The van der Waals surface area contributed by atoms with Crippen molar-refractivity contribution in [3.05, 3.63) is 75.3 Å². The number of alkyl halides is 1. The normalized spacial score (nSPS) is 23.5. The number of carbonyl (C=O) groups excluding carboxylic acids is 1. The quantitative estimate of drug-likeness (QED) is 0.368. The van der Waals surface area contributed by atoms with Gasteiger partial charge in [-0.1, -0.05) is 42.0 Å². The van der Waals surface area contributed by atoms with Crippen LogP contribution in [0.3, 0.4) is 0 Å². The average Bonchev–Trinajstić information content (AvgIpc) is 2.50. The fraction of sp³-hybridized carbons (Fsp3) is 0.188. The molecule has 0 bridgehead atoms. The molecule has 0 saturated carbocycles. The van der Waals surface area contributed by atoms with Crippen LogP contribution >= 0.6 is 11.6 Å². The van der Waals surface area contributed by atoms with Gasteiger partial charge in [0.15, 0.2) is 0 Å². The van der Waals surface area contributed by atoms with Crippen LogP contribution in [0.25, 0.3) is 0 Å². The molecule has 22 heavy (non-hydrogen) atoms. The summed E-state index contributed by atoms with van der Waals surface area (Å²) in [4.78, 5) is 21.0. The molecular formula is C16H12ClNO4. The number of carbonyl (C=O) groups is 1. The van der Waals surface area contributed by atoms with E-state index in [9.17, 15) is 14.9 Å². The first-order valence-electron chi connectivity index (χ1n) is 6.65. The first-order chi connectivity index (χ1) is 10.4. The minimum Gasteiger partial charge on any atom is -0.475 e. The molecule has 1 aliphatic rings. The largest absolute Gasteiger partial charge is 0.475 e. The van der Waals surface area contributed by atoms with Gasteiger partial charge in [-0.05, 0) is 30.7 Å². The number of halogens is 1. The summed E-state index contributed by atoms with van der Waals surface area (Å²) in [7, 11) is 0. The Balaban J connectivity index is 2.20. The number of nitrogens with zero attached hydrogens (tertiary/aromatic N) is 1. The second-order valence-electron chi connectivity index (χ2n) is 5.17. The van der Waals surface area contributed by atoms with Gasteiger partial charge < -0.3 is 4.74 Å². The molecule has 0 aromatic heterocycles. The van der Waals surface area contributed by atoms with Gasteiger partial charge in [0.1, 0.15) is 5.75 Å². The van der Waals surface area contributed by atoms with E-state index in [1.165, 1.54) is 6.07 Å². The highest BCUT2D eigenvalue weighted by Crippen LogP contribution is 2.45. The van der Waals surface area contributed by atoms with Gasteiger partial charge in [-0.25, -0.2) is 0 Å². The Morgan fingerprint density at radius 3 is 2.64 bits per heavy atom. The van der Waals surface area contributed by atoms with E-state index in [0.717, 1.165) is 5.56 Å². The lowest BCUT2D eigenvalue weighted by Gasteiger charge is -2.32. The smallest absolute Gasteiger partial charge is 0.397 e. The highest BCUT2D eigenvalue weighted by atomic mass is 35.5. The molecule has 2 unspecified atom stereocenters. The van der Waals surface area contributed by atoms with Crippen LogP contribution < -0.4 is 4.74 Å². The molecule has 0 N–H and O–H groups in total. The second kappa shape index (κ2) is 5.10. The Labute approximate surface area is 131 Å². The Bertz CT molecular complexity index is 776. The molecule has 112 valence electrons. The monoisotopic (exact) mass is 317 g/mol. The molecule has 0 amide bonds. The zero-order chi connectivity index (χ0) is 15.9. The summed E-state index contributed by atoms with van der Waals surface area (Å²) in [5.41, 5.74) is 1.52. The van der Waals surface area contributed by atoms with Crippen LogP contribution in [0.1, 0.15) is 27.6 Å². The fourth-order valence-corrected chi connectivity index (χ4v) is 2.84. The van der Waals surface area contributed by atoms with Crippen LogP contribution in [-0.2, 0) is 0 Å². The lowest BCUT2D eigenvalue weighted by Crippen LogP contribution is -2.51. The summed E-state index contributed by atoms with van der Waals surface area (Å²) in [5, 5.41) is 11.5. The van der Waals surface area contributed by atoms with E-state index in [0.29, 0.717) is 11.3 Å². The van der Waals surface area contributed by atoms with E-state index in [1.54, 1.807) is 36.4 Å². The van der Waals surface area contributed by atoms with Gasteiger partial charge in [0.2, 0.25) is 6.10 Å². The number of para-hydroxylation sites is 1. The molecule has 0 spiro atoms. The number of hydrogen-bond donors (Lipinski definition) is 0. The Hall–Kier alpha value is -2.40. The average molecular weight is 318 g/mol. The Kier molecular flexibility index (Phi) is 3.37. The predicted molar refractivity (Wildman–Crippen MR) is 80.9 cm³/mol. The Morgan fingerprint density at radius 1 is 1.23 bits per heavy atom. The van der Waals surface area contributed by atoms with E-state index in [1.807, 2.05) is 13.0 Å². The van der Waals surface area contributed by atoms with Crippen LogP contribution in [0.4, 0.5) is 0 Å². The number of ketones is 1. The van der Waals surface area contributed by atoms with Gasteiger partial charge in [-0.2, -0.15) is 0 Å². The molecule has 5 nitrogen and oxygen atoms in total. The van der Waals surface area contributed by atoms with Gasteiger partial charge >= 0.3 is 5.00 Å². The van der Waals surface area contributed by atoms with Crippen molar-refractivity contribution in [1.29, 1.82) is 0 Å². The van der Waals surface area contributed by atoms with Gasteiger partial charge in [-0.3, -0.25) is 14.9 Å². The fourth-order valence-electron chi connectivity index (χ4n) is 2.57. The molecule has 6 heteroatoms. The minimum absolute atomic E-state index is 0.123. The van der Waals surface area contributed by atoms with Crippen molar-refractivity contribution in [2.45, 2.75) is 18.0 Å². The molecule has 0 aliphatic carbocycles. The van der Waals surface area contributed by atoms with Crippen LogP contribution in [0.2, 0.25) is 0 Å². The summed E-state index contributed by atoms with van der Waals surface area (Å²) in [6.45, 7) is 1.85. The molecule has 3 rings (SSSR count). The van der Waals surface area contributed by atoms with E-state index in [-0.39, 0.29) is 5.56 Å². The first kappa shape index (κ1) is 14.5. The second-order valence-corrected chi connectivity index (χ2v) is 5.74. The summed E-state index contributed by atoms with van der Waals surface area (Å²) < 4.78 is 5.73. The van der Waals surface area contributed by atoms with Crippen molar-refractivity contribution in [2.75, 3.05) is 0 Å². The van der Waals surface area contributed by atoms with Gasteiger partial charge in [0.05, 0.1) is 10.5 Å². The summed E-state index contributed by atoms with van der Waals surface area (Å²) in [6.07, 6.45) is -1.19. The van der Waals surface area contributed by atoms with Crippen molar-refractivity contribution in [2.24, 2.45) is 0 Å². The first-order valence-corrected chi connectivity index (χ1v) is 7.03. The lowest BCUT2D eigenvalue weighted by molar-refractivity contribution is -0.536. The number of Topliss-reactive ketones (excluding diaryl/α,β-unsaturated/α-hetero) is 1. The number of nitro groups is 1. The van der Waals surface area contributed by atoms with Crippen LogP contribution in [0.15, 0.2) is 48.5 Å².